The number of aryl methyl sites for hydroxylation is 1. The molecule has 4 nitrogen and oxygen atoms in total. The largest absolute Gasteiger partial charge is 0.328 e. The molecule has 0 radical (unpaired) electrons. The number of halogens is 1. The second-order valence-corrected chi connectivity index (χ2v) is 7.26. The van der Waals surface area contributed by atoms with E-state index in [0.717, 1.165) is 25.7 Å². The third-order valence-corrected chi connectivity index (χ3v) is 5.44. The molecule has 0 saturated heterocycles. The van der Waals surface area contributed by atoms with Crippen LogP contribution in [0.25, 0.3) is 0 Å². The molecule has 1 aromatic carbocycles. The van der Waals surface area contributed by atoms with Crippen molar-refractivity contribution in [2.45, 2.75) is 49.6 Å². The number of nitrogens with two attached hydrogens (primary N) is 1. The van der Waals surface area contributed by atoms with Crippen LogP contribution in [0.4, 0.5) is 0 Å². The fraction of sp³-hybridized carbons (Fsp3) is 0.538. The number of benzene rings is 1. The monoisotopic (exact) mass is 302 g/mol. The standard InChI is InChI=1S/C13H19ClN2O2S/c1-9-8-10(14)2-7-13(9)19(17,18)16-12-5-3-11(15)4-6-12/h2,7-8,11-12,16H,3-6,15H2,1H3. The third-order valence-electron chi connectivity index (χ3n) is 3.52. The highest BCUT2D eigenvalue weighted by atomic mass is 35.5. The van der Waals surface area contributed by atoms with E-state index in [0.29, 0.717) is 15.5 Å². The van der Waals surface area contributed by atoms with E-state index in [1.807, 2.05) is 0 Å². The Labute approximate surface area is 119 Å². The van der Waals surface area contributed by atoms with Crippen LogP contribution in [0.2, 0.25) is 5.02 Å². The molecule has 19 heavy (non-hydrogen) atoms. The minimum atomic E-state index is -3.47. The van der Waals surface area contributed by atoms with Gasteiger partial charge in [0.1, 0.15) is 0 Å². The van der Waals surface area contributed by atoms with E-state index in [-0.39, 0.29) is 12.1 Å². The summed E-state index contributed by atoms with van der Waals surface area (Å²) < 4.78 is 27.4. The molecule has 1 fully saturated rings. The first-order valence-electron chi connectivity index (χ1n) is 6.42. The first kappa shape index (κ1) is 14.8. The minimum Gasteiger partial charge on any atom is -0.328 e. The molecule has 0 unspecified atom stereocenters. The average Bonchev–Trinajstić information content (AvgIpc) is 2.31. The lowest BCUT2D eigenvalue weighted by molar-refractivity contribution is 0.373. The van der Waals surface area contributed by atoms with Crippen LogP contribution in [0.15, 0.2) is 23.1 Å². The van der Waals surface area contributed by atoms with Gasteiger partial charge in [0.2, 0.25) is 10.0 Å². The molecule has 0 atom stereocenters. The molecule has 0 heterocycles. The van der Waals surface area contributed by atoms with Crippen LogP contribution in [0.1, 0.15) is 31.2 Å². The van der Waals surface area contributed by atoms with Gasteiger partial charge in [-0.05, 0) is 56.4 Å². The van der Waals surface area contributed by atoms with Crippen LogP contribution in [-0.4, -0.2) is 20.5 Å². The van der Waals surface area contributed by atoms with Crippen LogP contribution in [0.5, 0.6) is 0 Å². The first-order chi connectivity index (χ1) is 8.88. The highest BCUT2D eigenvalue weighted by Crippen LogP contribution is 2.22. The second-order valence-electron chi connectivity index (χ2n) is 5.14. The van der Waals surface area contributed by atoms with Crippen molar-refractivity contribution in [1.29, 1.82) is 0 Å². The highest BCUT2D eigenvalue weighted by molar-refractivity contribution is 7.89. The zero-order valence-electron chi connectivity index (χ0n) is 10.9. The molecule has 6 heteroatoms. The summed E-state index contributed by atoms with van der Waals surface area (Å²) >= 11 is 5.85. The lowest BCUT2D eigenvalue weighted by Gasteiger charge is -2.26. The third kappa shape index (κ3) is 3.69. The first-order valence-corrected chi connectivity index (χ1v) is 8.28. The van der Waals surface area contributed by atoms with E-state index in [4.69, 9.17) is 17.3 Å². The molecular weight excluding hydrogens is 284 g/mol. The normalized spacial score (nSPS) is 24.4. The molecule has 3 N–H and O–H groups in total. The van der Waals surface area contributed by atoms with Crippen LogP contribution in [-0.2, 0) is 10.0 Å². The molecule has 0 amide bonds. The summed E-state index contributed by atoms with van der Waals surface area (Å²) in [5, 5.41) is 0.542. The maximum absolute atomic E-state index is 12.3. The van der Waals surface area contributed by atoms with Gasteiger partial charge >= 0.3 is 0 Å². The van der Waals surface area contributed by atoms with Crippen molar-refractivity contribution in [3.63, 3.8) is 0 Å². The van der Waals surface area contributed by atoms with E-state index in [1.165, 1.54) is 0 Å². The zero-order chi connectivity index (χ0) is 14.0. The van der Waals surface area contributed by atoms with Gasteiger partial charge in [0.05, 0.1) is 4.90 Å². The molecule has 1 aliphatic rings. The fourth-order valence-corrected chi connectivity index (χ4v) is 4.19. The molecule has 1 saturated carbocycles. The molecule has 2 rings (SSSR count). The lowest BCUT2D eigenvalue weighted by atomic mass is 9.93. The van der Waals surface area contributed by atoms with Crippen molar-refractivity contribution >= 4 is 21.6 Å². The summed E-state index contributed by atoms with van der Waals surface area (Å²) in [6, 6.07) is 5.00. The van der Waals surface area contributed by atoms with Crippen LogP contribution in [0, 0.1) is 6.92 Å². The minimum absolute atomic E-state index is 0.0140. The number of hydrogen-bond donors (Lipinski definition) is 2. The van der Waals surface area contributed by atoms with Crippen LogP contribution in [0.3, 0.4) is 0 Å². The van der Waals surface area contributed by atoms with Gasteiger partial charge in [-0.25, -0.2) is 13.1 Å². The maximum Gasteiger partial charge on any atom is 0.241 e. The number of hydrogen-bond acceptors (Lipinski definition) is 3. The highest BCUT2D eigenvalue weighted by Gasteiger charge is 2.25. The smallest absolute Gasteiger partial charge is 0.241 e. The zero-order valence-corrected chi connectivity index (χ0v) is 12.5. The van der Waals surface area contributed by atoms with Gasteiger partial charge in [-0.1, -0.05) is 11.6 Å². The fourth-order valence-electron chi connectivity index (χ4n) is 2.43. The molecule has 1 aromatic rings. The Kier molecular flexibility index (Phi) is 4.50. The van der Waals surface area contributed by atoms with Crippen LogP contribution < -0.4 is 10.5 Å². The van der Waals surface area contributed by atoms with Crippen molar-refractivity contribution in [2.24, 2.45) is 5.73 Å². The SMILES string of the molecule is Cc1cc(Cl)ccc1S(=O)(=O)NC1CCC(N)CC1. The van der Waals surface area contributed by atoms with Crippen molar-refractivity contribution < 1.29 is 8.42 Å². The Morgan fingerprint density at radius 2 is 1.89 bits per heavy atom. The molecule has 106 valence electrons. The van der Waals surface area contributed by atoms with Crippen LogP contribution >= 0.6 is 11.6 Å². The molecule has 0 bridgehead atoms. The van der Waals surface area contributed by atoms with Gasteiger partial charge in [-0.15, -0.1) is 0 Å². The van der Waals surface area contributed by atoms with Gasteiger partial charge in [0.15, 0.2) is 0 Å². The predicted molar refractivity (Wildman–Crippen MR) is 76.7 cm³/mol. The van der Waals surface area contributed by atoms with Gasteiger partial charge in [0.25, 0.3) is 0 Å². The van der Waals surface area contributed by atoms with Crippen molar-refractivity contribution in [2.75, 3.05) is 0 Å². The summed E-state index contributed by atoms with van der Waals surface area (Å²) in [6.07, 6.45) is 3.33. The Bertz CT molecular complexity index is 552. The van der Waals surface area contributed by atoms with Gasteiger partial charge in [-0.2, -0.15) is 0 Å². The summed E-state index contributed by atoms with van der Waals surface area (Å²) in [6.45, 7) is 1.75. The Morgan fingerprint density at radius 1 is 1.26 bits per heavy atom. The van der Waals surface area contributed by atoms with Crippen molar-refractivity contribution in [1.82, 2.24) is 4.72 Å². The summed E-state index contributed by atoms with van der Waals surface area (Å²) in [5.41, 5.74) is 6.48. The Balaban J connectivity index is 2.14. The topological polar surface area (TPSA) is 72.2 Å². The van der Waals surface area contributed by atoms with Gasteiger partial charge < -0.3 is 5.73 Å². The molecule has 1 aliphatic carbocycles. The van der Waals surface area contributed by atoms with E-state index < -0.39 is 10.0 Å². The predicted octanol–water partition coefficient (Wildman–Crippen LogP) is 2.20. The lowest BCUT2D eigenvalue weighted by Crippen LogP contribution is -2.40. The summed E-state index contributed by atoms with van der Waals surface area (Å²) in [5.74, 6) is 0. The van der Waals surface area contributed by atoms with E-state index in [9.17, 15) is 8.42 Å². The van der Waals surface area contributed by atoms with E-state index in [1.54, 1.807) is 25.1 Å². The quantitative estimate of drug-likeness (QED) is 0.899. The number of nitrogens with one attached hydrogen (secondary N) is 1. The number of sulfonamides is 1. The Hall–Kier alpha value is -0.620. The maximum atomic E-state index is 12.3. The summed E-state index contributed by atoms with van der Waals surface area (Å²) in [7, 11) is -3.47. The van der Waals surface area contributed by atoms with E-state index in [2.05, 4.69) is 4.72 Å². The van der Waals surface area contributed by atoms with Gasteiger partial charge in [-0.3, -0.25) is 0 Å². The molecular formula is C13H19ClN2O2S. The molecule has 0 aromatic heterocycles. The average molecular weight is 303 g/mol. The van der Waals surface area contributed by atoms with Crippen molar-refractivity contribution in [3.05, 3.63) is 28.8 Å². The van der Waals surface area contributed by atoms with E-state index >= 15 is 0 Å². The van der Waals surface area contributed by atoms with Gasteiger partial charge in [0, 0.05) is 17.1 Å². The van der Waals surface area contributed by atoms with Crippen molar-refractivity contribution in [3.8, 4) is 0 Å². The molecule has 0 aliphatic heterocycles. The summed E-state index contributed by atoms with van der Waals surface area (Å²) in [4.78, 5) is 0.298. The Morgan fingerprint density at radius 3 is 2.47 bits per heavy atom. The number of rotatable bonds is 3. The second kappa shape index (κ2) is 5.79. The molecule has 0 spiro atoms.